The van der Waals surface area contributed by atoms with E-state index >= 15 is 0 Å². The number of aryl methyl sites for hydroxylation is 1. The van der Waals surface area contributed by atoms with Crippen molar-refractivity contribution in [3.8, 4) is 5.75 Å². The first-order valence-corrected chi connectivity index (χ1v) is 9.36. The third kappa shape index (κ3) is 3.72. The second-order valence-electron chi connectivity index (χ2n) is 6.31. The number of H-pyrrole nitrogens is 1. The molecule has 0 radical (unpaired) electrons. The highest BCUT2D eigenvalue weighted by Crippen LogP contribution is 2.31. The van der Waals surface area contributed by atoms with E-state index in [1.54, 1.807) is 24.3 Å². The molecular formula is C18H16FN5O3S. The van der Waals surface area contributed by atoms with Crippen molar-refractivity contribution < 1.29 is 18.7 Å². The van der Waals surface area contributed by atoms with Gasteiger partial charge in [0.05, 0.1) is 0 Å². The molecule has 3 N–H and O–H groups in total. The third-order valence-corrected chi connectivity index (χ3v) is 5.01. The number of thiophene rings is 1. The molecule has 0 aliphatic carbocycles. The van der Waals surface area contributed by atoms with E-state index in [2.05, 4.69) is 25.8 Å². The van der Waals surface area contributed by atoms with Gasteiger partial charge in [-0.15, -0.1) is 16.4 Å². The minimum Gasteiger partial charge on any atom is -0.489 e. The number of aromatic nitrogens is 3. The van der Waals surface area contributed by atoms with Crippen molar-refractivity contribution in [2.75, 3.05) is 11.9 Å². The molecule has 1 aliphatic heterocycles. The Labute approximate surface area is 163 Å². The van der Waals surface area contributed by atoms with E-state index < -0.39 is 23.7 Å². The van der Waals surface area contributed by atoms with Crippen LogP contribution in [0.3, 0.4) is 0 Å². The second kappa shape index (κ2) is 7.39. The molecule has 0 spiro atoms. The highest BCUT2D eigenvalue weighted by Gasteiger charge is 2.29. The smallest absolute Gasteiger partial charge is 0.291 e. The van der Waals surface area contributed by atoms with Gasteiger partial charge in [-0.05, 0) is 36.1 Å². The minimum absolute atomic E-state index is 0.0384. The first-order valence-electron chi connectivity index (χ1n) is 8.48. The Kier molecular flexibility index (Phi) is 4.78. The van der Waals surface area contributed by atoms with Crippen molar-refractivity contribution in [1.29, 1.82) is 0 Å². The van der Waals surface area contributed by atoms with Crippen LogP contribution in [-0.2, 0) is 11.2 Å². The molecule has 2 aromatic heterocycles. The summed E-state index contributed by atoms with van der Waals surface area (Å²) in [4.78, 5) is 30.0. The Hall–Kier alpha value is -3.27. The molecule has 0 saturated carbocycles. The molecule has 1 aliphatic rings. The summed E-state index contributed by atoms with van der Waals surface area (Å²) in [6.07, 6.45) is 0.527. The molecule has 3 heterocycles. The summed E-state index contributed by atoms with van der Waals surface area (Å²) in [5.41, 5.74) is 0.621. The van der Waals surface area contributed by atoms with Crippen molar-refractivity contribution in [1.82, 2.24) is 20.5 Å². The summed E-state index contributed by atoms with van der Waals surface area (Å²) in [6, 6.07) is 5.79. The number of halogens is 1. The lowest BCUT2D eigenvalue weighted by atomic mass is 10.2. The maximum atomic E-state index is 14.1. The average molecular weight is 401 g/mol. The number of nitrogens with one attached hydrogen (secondary N) is 3. The number of aromatic amines is 1. The fourth-order valence-electron chi connectivity index (χ4n) is 2.79. The van der Waals surface area contributed by atoms with E-state index in [1.165, 1.54) is 6.07 Å². The fraction of sp³-hybridized carbons (Fsp3) is 0.222. The molecular weight excluding hydrogens is 385 g/mol. The van der Waals surface area contributed by atoms with Gasteiger partial charge >= 0.3 is 0 Å². The predicted octanol–water partition coefficient (Wildman–Crippen LogP) is 2.03. The number of ether oxygens (including phenoxy) is 1. The van der Waals surface area contributed by atoms with E-state index in [9.17, 15) is 14.0 Å². The zero-order valence-electron chi connectivity index (χ0n) is 14.8. The Bertz CT molecular complexity index is 1030. The number of benzene rings is 1. The Morgan fingerprint density at radius 1 is 1.46 bits per heavy atom. The lowest BCUT2D eigenvalue weighted by Crippen LogP contribution is -2.46. The van der Waals surface area contributed by atoms with Gasteiger partial charge < -0.3 is 15.4 Å². The van der Waals surface area contributed by atoms with Gasteiger partial charge in [0.15, 0.2) is 5.82 Å². The summed E-state index contributed by atoms with van der Waals surface area (Å²) < 4.78 is 19.6. The van der Waals surface area contributed by atoms with Gasteiger partial charge in [0, 0.05) is 11.3 Å². The number of nitrogens with zero attached hydrogens (tertiary/aromatic N) is 2. The molecule has 3 aromatic rings. The van der Waals surface area contributed by atoms with Crippen molar-refractivity contribution >= 4 is 28.8 Å². The molecule has 1 unspecified atom stereocenters. The number of carbonyl (C=O) groups excluding carboxylic acids is 2. The van der Waals surface area contributed by atoms with Crippen LogP contribution in [0.2, 0.25) is 0 Å². The standard InChI is InChI=1S/C18H16FN5O3S/c1-9-5-11(19)15-13(6-9)27-8-12(17(25)22-15)20-18(26)16-21-14(23-24-16)7-10-3-2-4-28-10/h2-6,12H,7-8H2,1H3,(H,20,26)(H,22,25)(H,21,23,24). The van der Waals surface area contributed by atoms with Gasteiger partial charge in [-0.3, -0.25) is 14.7 Å². The van der Waals surface area contributed by atoms with Gasteiger partial charge in [0.25, 0.3) is 11.8 Å². The van der Waals surface area contributed by atoms with E-state index in [4.69, 9.17) is 4.74 Å². The van der Waals surface area contributed by atoms with Gasteiger partial charge in [-0.2, -0.15) is 0 Å². The summed E-state index contributed by atoms with van der Waals surface area (Å²) in [5, 5.41) is 13.6. The summed E-state index contributed by atoms with van der Waals surface area (Å²) in [5.74, 6) is -1.12. The SMILES string of the molecule is Cc1cc(F)c2c(c1)OCC(NC(=O)c1n[nH]c(Cc3cccs3)n1)C(=O)N2. The van der Waals surface area contributed by atoms with Crippen molar-refractivity contribution in [2.45, 2.75) is 19.4 Å². The molecule has 10 heteroatoms. The van der Waals surface area contributed by atoms with Crippen LogP contribution in [0, 0.1) is 12.7 Å². The largest absolute Gasteiger partial charge is 0.489 e. The lowest BCUT2D eigenvalue weighted by molar-refractivity contribution is -0.118. The molecule has 8 nitrogen and oxygen atoms in total. The first-order chi connectivity index (χ1) is 13.5. The first kappa shape index (κ1) is 18.1. The fourth-order valence-corrected chi connectivity index (χ4v) is 3.50. The molecule has 2 amide bonds. The van der Waals surface area contributed by atoms with Gasteiger partial charge in [-0.1, -0.05) is 6.07 Å². The van der Waals surface area contributed by atoms with Crippen LogP contribution in [0.25, 0.3) is 0 Å². The molecule has 144 valence electrons. The quantitative estimate of drug-likeness (QED) is 0.620. The van der Waals surface area contributed by atoms with E-state index in [0.717, 1.165) is 4.88 Å². The number of carbonyl (C=O) groups is 2. The van der Waals surface area contributed by atoms with Gasteiger partial charge in [-0.25, -0.2) is 9.37 Å². The zero-order valence-corrected chi connectivity index (χ0v) is 15.6. The van der Waals surface area contributed by atoms with E-state index in [-0.39, 0.29) is 23.9 Å². The third-order valence-electron chi connectivity index (χ3n) is 4.13. The van der Waals surface area contributed by atoms with Crippen LogP contribution in [0.1, 0.15) is 26.9 Å². The number of fused-ring (bicyclic) bond motifs is 1. The van der Waals surface area contributed by atoms with Crippen LogP contribution in [-0.4, -0.2) is 39.6 Å². The van der Waals surface area contributed by atoms with Crippen LogP contribution >= 0.6 is 11.3 Å². The van der Waals surface area contributed by atoms with Crippen LogP contribution in [0.15, 0.2) is 29.6 Å². The second-order valence-corrected chi connectivity index (χ2v) is 7.34. The number of amides is 2. The predicted molar refractivity (Wildman–Crippen MR) is 100 cm³/mol. The topological polar surface area (TPSA) is 109 Å². The molecule has 4 rings (SSSR count). The lowest BCUT2D eigenvalue weighted by Gasteiger charge is -2.13. The Morgan fingerprint density at radius 3 is 3.11 bits per heavy atom. The van der Waals surface area contributed by atoms with Crippen molar-refractivity contribution in [2.24, 2.45) is 0 Å². The van der Waals surface area contributed by atoms with Crippen molar-refractivity contribution in [3.63, 3.8) is 0 Å². The van der Waals surface area contributed by atoms with Gasteiger partial charge in [0.1, 0.15) is 29.9 Å². The molecule has 0 fully saturated rings. The number of anilines is 1. The van der Waals surface area contributed by atoms with E-state index in [0.29, 0.717) is 17.8 Å². The van der Waals surface area contributed by atoms with Crippen molar-refractivity contribution in [3.05, 3.63) is 57.6 Å². The Morgan fingerprint density at radius 2 is 2.32 bits per heavy atom. The minimum atomic E-state index is -1.01. The number of rotatable bonds is 4. The Balaban J connectivity index is 1.44. The molecule has 1 atom stereocenters. The normalized spacial score (nSPS) is 15.9. The summed E-state index contributed by atoms with van der Waals surface area (Å²) in [7, 11) is 0. The molecule has 1 aromatic carbocycles. The highest BCUT2D eigenvalue weighted by atomic mass is 32.1. The molecule has 0 bridgehead atoms. The molecule has 28 heavy (non-hydrogen) atoms. The van der Waals surface area contributed by atoms with Crippen LogP contribution < -0.4 is 15.4 Å². The summed E-state index contributed by atoms with van der Waals surface area (Å²) in [6.45, 7) is 1.58. The maximum absolute atomic E-state index is 14.1. The van der Waals surface area contributed by atoms with Gasteiger partial charge in [0.2, 0.25) is 5.82 Å². The summed E-state index contributed by atoms with van der Waals surface area (Å²) >= 11 is 1.57. The van der Waals surface area contributed by atoms with Crippen LogP contribution in [0.5, 0.6) is 5.75 Å². The molecule has 0 saturated heterocycles. The average Bonchev–Trinajstić information content (AvgIpc) is 3.30. The zero-order chi connectivity index (χ0) is 19.7. The van der Waals surface area contributed by atoms with E-state index in [1.807, 2.05) is 17.5 Å². The number of hydrogen-bond acceptors (Lipinski definition) is 6. The maximum Gasteiger partial charge on any atom is 0.291 e. The monoisotopic (exact) mass is 401 g/mol. The highest BCUT2D eigenvalue weighted by molar-refractivity contribution is 7.09. The van der Waals surface area contributed by atoms with Crippen LogP contribution in [0.4, 0.5) is 10.1 Å². The number of hydrogen-bond donors (Lipinski definition) is 3.